The Bertz CT molecular complexity index is 640. The third-order valence-corrected chi connectivity index (χ3v) is 11.9. The summed E-state index contributed by atoms with van der Waals surface area (Å²) in [6.07, 6.45) is 0. The molecule has 2 rings (SSSR count). The molecule has 120 valence electrons. The quantitative estimate of drug-likeness (QED) is 0.615. The predicted octanol–water partition coefficient (Wildman–Crippen LogP) is 5.84. The van der Waals surface area contributed by atoms with Crippen LogP contribution in [0.5, 0.6) is 0 Å². The second kappa shape index (κ2) is 5.85. The Morgan fingerprint density at radius 3 is 1.73 bits per heavy atom. The normalized spacial score (nSPS) is 21.8. The zero-order valence-electron chi connectivity index (χ0n) is 15.9. The maximum absolute atomic E-state index is 2.59. The summed E-state index contributed by atoms with van der Waals surface area (Å²) in [4.78, 5) is 0. The molecule has 2 unspecified atom stereocenters. The van der Waals surface area contributed by atoms with Crippen LogP contribution in [0.4, 0.5) is 0 Å². The maximum Gasteiger partial charge on any atom is 0.114 e. The van der Waals surface area contributed by atoms with Crippen molar-refractivity contribution in [2.45, 2.75) is 67.5 Å². The van der Waals surface area contributed by atoms with Gasteiger partial charge >= 0.3 is 0 Å². The molecule has 1 heteroatoms. The Labute approximate surface area is 138 Å². The second-order valence-corrected chi connectivity index (χ2v) is 12.5. The summed E-state index contributed by atoms with van der Waals surface area (Å²) in [5, 5.41) is 3.38. The lowest BCUT2D eigenvalue weighted by atomic mass is 10.1. The van der Waals surface area contributed by atoms with Crippen LogP contribution in [0.15, 0.2) is 40.1 Å². The zero-order valence-corrected chi connectivity index (χ0v) is 16.9. The second-order valence-electron chi connectivity index (χ2n) is 7.80. The number of benzene rings is 1. The van der Waals surface area contributed by atoms with Crippen LogP contribution in [0.25, 0.3) is 0 Å². The molecular weight excluding hydrogens is 280 g/mol. The van der Waals surface area contributed by atoms with Gasteiger partial charge in [0.2, 0.25) is 0 Å². The highest BCUT2D eigenvalue weighted by atomic mass is 28.3. The van der Waals surface area contributed by atoms with Gasteiger partial charge < -0.3 is 0 Å². The topological polar surface area (TPSA) is 0 Å². The summed E-state index contributed by atoms with van der Waals surface area (Å²) in [5.74, 6) is 0.611. The smallest absolute Gasteiger partial charge is 0.0657 e. The first-order valence-electron chi connectivity index (χ1n) is 8.58. The predicted molar refractivity (Wildman–Crippen MR) is 103 cm³/mol. The molecule has 1 aromatic rings. The fourth-order valence-electron chi connectivity index (χ4n) is 4.28. The molecule has 0 saturated heterocycles. The van der Waals surface area contributed by atoms with E-state index in [1.54, 1.807) is 21.5 Å². The molecule has 0 spiro atoms. The van der Waals surface area contributed by atoms with Gasteiger partial charge in [0, 0.05) is 0 Å². The molecule has 22 heavy (non-hydrogen) atoms. The van der Waals surface area contributed by atoms with Crippen LogP contribution >= 0.6 is 0 Å². The molecule has 0 fully saturated rings. The third kappa shape index (κ3) is 2.54. The summed E-state index contributed by atoms with van der Waals surface area (Å²) in [5.41, 5.74) is 8.20. The lowest BCUT2D eigenvalue weighted by molar-refractivity contribution is 0.837. The van der Waals surface area contributed by atoms with Crippen molar-refractivity contribution >= 4 is 13.3 Å². The number of rotatable bonds is 3. The highest BCUT2D eigenvalue weighted by Crippen LogP contribution is 2.44. The number of hydrogen-bond donors (Lipinski definition) is 0. The van der Waals surface area contributed by atoms with Gasteiger partial charge in [-0.15, -0.1) is 0 Å². The van der Waals surface area contributed by atoms with Crippen molar-refractivity contribution in [3.63, 3.8) is 0 Å². The van der Waals surface area contributed by atoms with Gasteiger partial charge in [-0.1, -0.05) is 78.2 Å². The highest BCUT2D eigenvalue weighted by Gasteiger charge is 2.43. The maximum atomic E-state index is 2.59. The fourth-order valence-corrected chi connectivity index (χ4v) is 9.01. The van der Waals surface area contributed by atoms with E-state index in [0.29, 0.717) is 11.5 Å². The summed E-state index contributed by atoms with van der Waals surface area (Å²) in [6, 6.07) is 7.21. The first-order chi connectivity index (χ1) is 10.1. The van der Waals surface area contributed by atoms with Crippen LogP contribution in [-0.2, 0) is 0 Å². The average molecular weight is 313 g/mol. The molecule has 0 radical (unpaired) electrons. The fraction of sp³-hybridized carbons (Fsp3) is 0.524. The Kier molecular flexibility index (Phi) is 4.59. The molecule has 1 aliphatic rings. The van der Waals surface area contributed by atoms with Crippen molar-refractivity contribution < 1.29 is 0 Å². The number of aryl methyl sites for hydroxylation is 2. The van der Waals surface area contributed by atoms with Crippen molar-refractivity contribution in [3.05, 3.63) is 51.2 Å². The van der Waals surface area contributed by atoms with E-state index in [0.717, 1.165) is 0 Å². The Balaban J connectivity index is 2.70. The van der Waals surface area contributed by atoms with Gasteiger partial charge in [0.1, 0.15) is 8.07 Å². The lowest BCUT2D eigenvalue weighted by Gasteiger charge is -2.38. The Hall–Kier alpha value is -1.08. The van der Waals surface area contributed by atoms with E-state index in [9.17, 15) is 0 Å². The summed E-state index contributed by atoms with van der Waals surface area (Å²) in [6.45, 7) is 21.3. The van der Waals surface area contributed by atoms with Gasteiger partial charge in [0.25, 0.3) is 0 Å². The summed E-state index contributed by atoms with van der Waals surface area (Å²) >= 11 is 0. The van der Waals surface area contributed by atoms with Gasteiger partial charge in [-0.3, -0.25) is 0 Å². The average Bonchev–Trinajstić information content (AvgIpc) is 2.61. The molecule has 0 amide bonds. The molecule has 2 atom stereocenters. The van der Waals surface area contributed by atoms with Crippen molar-refractivity contribution in [1.29, 1.82) is 0 Å². The van der Waals surface area contributed by atoms with E-state index in [-0.39, 0.29) is 0 Å². The van der Waals surface area contributed by atoms with Gasteiger partial charge in [-0.05, 0) is 51.7 Å². The first-order valence-corrected chi connectivity index (χ1v) is 11.2. The third-order valence-electron chi connectivity index (χ3n) is 6.18. The van der Waals surface area contributed by atoms with E-state index in [1.807, 2.05) is 0 Å². The standard InChI is InChI=1S/C21H32Si/c1-13(2)22(9,20-11-14(3)10-15(4)12-20)21-18(7)16(5)17(6)19(21)8/h10-13,18H,1-9H3. The largest absolute Gasteiger partial charge is 0.114 e. The van der Waals surface area contributed by atoms with Gasteiger partial charge in [-0.25, -0.2) is 0 Å². The van der Waals surface area contributed by atoms with E-state index in [2.05, 4.69) is 80.1 Å². The first kappa shape index (κ1) is 17.3. The van der Waals surface area contributed by atoms with Crippen LogP contribution in [0, 0.1) is 19.8 Å². The van der Waals surface area contributed by atoms with Crippen molar-refractivity contribution in [3.8, 4) is 0 Å². The SMILES string of the molecule is CC1=C(C)C(C)C([Si](C)(c2cc(C)cc(C)c2)C(C)C)=C1C. The minimum absolute atomic E-state index is 0.611. The highest BCUT2D eigenvalue weighted by molar-refractivity contribution is 6.98. The van der Waals surface area contributed by atoms with Gasteiger partial charge in [0.15, 0.2) is 0 Å². The van der Waals surface area contributed by atoms with Gasteiger partial charge in [0.05, 0.1) is 0 Å². The van der Waals surface area contributed by atoms with Crippen LogP contribution in [-0.4, -0.2) is 8.07 Å². The summed E-state index contributed by atoms with van der Waals surface area (Å²) in [7, 11) is -1.70. The molecule has 0 N–H and O–H groups in total. The molecule has 0 saturated carbocycles. The van der Waals surface area contributed by atoms with Crippen molar-refractivity contribution in [2.75, 3.05) is 0 Å². The van der Waals surface area contributed by atoms with E-state index in [1.165, 1.54) is 16.7 Å². The Morgan fingerprint density at radius 1 is 0.864 bits per heavy atom. The molecule has 0 heterocycles. The minimum atomic E-state index is -1.70. The molecule has 1 aliphatic carbocycles. The van der Waals surface area contributed by atoms with Crippen LogP contribution in [0.2, 0.25) is 12.1 Å². The zero-order chi connectivity index (χ0) is 16.8. The Morgan fingerprint density at radius 2 is 1.36 bits per heavy atom. The molecular formula is C21H32Si. The van der Waals surface area contributed by atoms with Crippen LogP contribution < -0.4 is 5.19 Å². The summed E-state index contributed by atoms with van der Waals surface area (Å²) < 4.78 is 0. The number of hydrogen-bond acceptors (Lipinski definition) is 0. The minimum Gasteiger partial charge on any atom is -0.0657 e. The van der Waals surface area contributed by atoms with Crippen molar-refractivity contribution in [2.24, 2.45) is 5.92 Å². The van der Waals surface area contributed by atoms with Crippen molar-refractivity contribution in [1.82, 2.24) is 0 Å². The van der Waals surface area contributed by atoms with Crippen LogP contribution in [0.3, 0.4) is 0 Å². The van der Waals surface area contributed by atoms with E-state index in [4.69, 9.17) is 0 Å². The molecule has 1 aromatic carbocycles. The number of allylic oxidation sites excluding steroid dienone is 4. The van der Waals surface area contributed by atoms with Crippen LogP contribution in [0.1, 0.15) is 52.7 Å². The molecule has 0 aliphatic heterocycles. The van der Waals surface area contributed by atoms with E-state index < -0.39 is 8.07 Å². The van der Waals surface area contributed by atoms with E-state index >= 15 is 0 Å². The monoisotopic (exact) mass is 312 g/mol. The molecule has 0 bridgehead atoms. The lowest BCUT2D eigenvalue weighted by Crippen LogP contribution is -2.51. The van der Waals surface area contributed by atoms with Gasteiger partial charge in [-0.2, -0.15) is 0 Å². The molecule has 0 nitrogen and oxygen atoms in total. The molecule has 0 aromatic heterocycles.